The Morgan fingerprint density at radius 1 is 1.10 bits per heavy atom. The van der Waals surface area contributed by atoms with Gasteiger partial charge in [-0.2, -0.15) is 13.2 Å². The van der Waals surface area contributed by atoms with Gasteiger partial charge in [0.05, 0.1) is 21.4 Å². The van der Waals surface area contributed by atoms with Gasteiger partial charge >= 0.3 is 12.1 Å². The summed E-state index contributed by atoms with van der Waals surface area (Å²) < 4.78 is 62.3. The average Bonchev–Trinajstić information content (AvgIpc) is 2.95. The molecular weight excluding hydrogens is 453 g/mol. The molecule has 168 valence electrons. The Morgan fingerprint density at radius 3 is 2.35 bits per heavy atom. The molecule has 0 saturated heterocycles. The molecule has 0 radical (unpaired) electrons. The Labute approximate surface area is 184 Å². The van der Waals surface area contributed by atoms with Gasteiger partial charge in [0, 0.05) is 19.6 Å². The molecule has 0 unspecified atom stereocenters. The number of rotatable bonds is 5. The number of nitrogens with zero attached hydrogens (tertiary/aromatic N) is 1. The summed E-state index contributed by atoms with van der Waals surface area (Å²) in [5.41, 5.74) is 3.07. The number of halogens is 4. The topological polar surface area (TPSA) is 66.5 Å². The van der Waals surface area contributed by atoms with Crippen LogP contribution in [0.3, 0.4) is 0 Å². The van der Waals surface area contributed by atoms with Gasteiger partial charge in [0.15, 0.2) is 9.84 Å². The molecule has 10 heteroatoms. The minimum absolute atomic E-state index is 0.0141. The molecule has 0 aromatic heterocycles. The second-order valence-corrected chi connectivity index (χ2v) is 9.94. The Kier molecular flexibility index (Phi) is 6.85. The zero-order chi connectivity index (χ0) is 22.8. The van der Waals surface area contributed by atoms with E-state index in [0.29, 0.717) is 23.7 Å². The maximum Gasteiger partial charge on any atom is 0.471 e. The third-order valence-electron chi connectivity index (χ3n) is 5.30. The molecular formula is C21H22ClF3N2O3S. The van der Waals surface area contributed by atoms with Crippen molar-refractivity contribution in [3.05, 3.63) is 58.1 Å². The van der Waals surface area contributed by atoms with Crippen LogP contribution < -0.4 is 5.32 Å². The quantitative estimate of drug-likeness (QED) is 0.704. The SMILES string of the molecule is CCS(=O)(=O)c1ccc(CNc2c(Cl)ccc3c2CCN(C(=O)C(F)(F)F)CC3)cc1. The average molecular weight is 475 g/mol. The Bertz CT molecular complexity index is 1070. The summed E-state index contributed by atoms with van der Waals surface area (Å²) in [6.07, 6.45) is -4.35. The highest BCUT2D eigenvalue weighted by molar-refractivity contribution is 7.91. The molecule has 0 saturated carbocycles. The Balaban J connectivity index is 1.77. The van der Waals surface area contributed by atoms with Crippen LogP contribution in [0.1, 0.15) is 23.6 Å². The first-order valence-corrected chi connectivity index (χ1v) is 11.8. The Morgan fingerprint density at radius 2 is 1.74 bits per heavy atom. The molecule has 5 nitrogen and oxygen atoms in total. The van der Waals surface area contributed by atoms with Gasteiger partial charge in [-0.3, -0.25) is 4.79 Å². The number of alkyl halides is 3. The van der Waals surface area contributed by atoms with Gasteiger partial charge < -0.3 is 10.2 Å². The Hall–Kier alpha value is -2.26. The van der Waals surface area contributed by atoms with Gasteiger partial charge in [-0.25, -0.2) is 8.42 Å². The normalized spacial score (nSPS) is 14.7. The third-order valence-corrected chi connectivity index (χ3v) is 7.37. The van der Waals surface area contributed by atoms with Crippen molar-refractivity contribution in [1.29, 1.82) is 0 Å². The predicted molar refractivity (Wildman–Crippen MR) is 113 cm³/mol. The number of sulfone groups is 1. The molecule has 3 rings (SSSR count). The maximum absolute atomic E-state index is 12.8. The van der Waals surface area contributed by atoms with E-state index in [1.807, 2.05) is 0 Å². The lowest BCUT2D eigenvalue weighted by Gasteiger charge is -2.21. The summed E-state index contributed by atoms with van der Waals surface area (Å²) in [6.45, 7) is 1.87. The van der Waals surface area contributed by atoms with Crippen LogP contribution in [0.5, 0.6) is 0 Å². The molecule has 0 fully saturated rings. The summed E-state index contributed by atoms with van der Waals surface area (Å²) in [5.74, 6) is -1.81. The molecule has 1 N–H and O–H groups in total. The lowest BCUT2D eigenvalue weighted by Crippen LogP contribution is -2.42. The predicted octanol–water partition coefficient (Wildman–Crippen LogP) is 4.24. The van der Waals surface area contributed by atoms with Crippen LogP contribution in [-0.2, 0) is 34.0 Å². The number of benzene rings is 2. The number of anilines is 1. The fourth-order valence-corrected chi connectivity index (χ4v) is 4.67. The van der Waals surface area contributed by atoms with Crippen molar-refractivity contribution in [2.24, 2.45) is 0 Å². The fraction of sp³-hybridized carbons (Fsp3) is 0.381. The summed E-state index contributed by atoms with van der Waals surface area (Å²) >= 11 is 6.35. The van der Waals surface area contributed by atoms with Gasteiger partial charge in [0.1, 0.15) is 0 Å². The molecule has 1 aliphatic rings. The first-order chi connectivity index (χ1) is 14.5. The van der Waals surface area contributed by atoms with Gasteiger partial charge in [-0.05, 0) is 47.7 Å². The van der Waals surface area contributed by atoms with E-state index in [0.717, 1.165) is 21.6 Å². The van der Waals surface area contributed by atoms with E-state index in [4.69, 9.17) is 11.6 Å². The first kappa shape index (κ1) is 23.4. The van der Waals surface area contributed by atoms with Gasteiger partial charge in [-0.1, -0.05) is 36.7 Å². The van der Waals surface area contributed by atoms with Crippen LogP contribution >= 0.6 is 11.6 Å². The molecule has 1 aliphatic heterocycles. The maximum atomic E-state index is 12.8. The monoisotopic (exact) mass is 474 g/mol. The zero-order valence-corrected chi connectivity index (χ0v) is 18.4. The molecule has 1 heterocycles. The largest absolute Gasteiger partial charge is 0.471 e. The highest BCUT2D eigenvalue weighted by Gasteiger charge is 2.42. The van der Waals surface area contributed by atoms with E-state index in [1.54, 1.807) is 43.3 Å². The van der Waals surface area contributed by atoms with Crippen molar-refractivity contribution in [3.8, 4) is 0 Å². The van der Waals surface area contributed by atoms with Crippen LogP contribution in [0.15, 0.2) is 41.3 Å². The molecule has 0 spiro atoms. The van der Waals surface area contributed by atoms with Gasteiger partial charge in [0.2, 0.25) is 0 Å². The lowest BCUT2D eigenvalue weighted by molar-refractivity contribution is -0.185. The second kappa shape index (κ2) is 9.08. The van der Waals surface area contributed by atoms with Crippen LogP contribution in [0, 0.1) is 0 Å². The van der Waals surface area contributed by atoms with Crippen LogP contribution in [-0.4, -0.2) is 44.2 Å². The van der Waals surface area contributed by atoms with Gasteiger partial charge in [0.25, 0.3) is 0 Å². The van der Waals surface area contributed by atoms with Crippen molar-refractivity contribution in [2.45, 2.75) is 37.4 Å². The second-order valence-electron chi connectivity index (χ2n) is 7.25. The van der Waals surface area contributed by atoms with E-state index in [1.165, 1.54) is 0 Å². The summed E-state index contributed by atoms with van der Waals surface area (Å²) in [6, 6.07) is 9.95. The van der Waals surface area contributed by atoms with Crippen molar-refractivity contribution >= 4 is 33.0 Å². The van der Waals surface area contributed by atoms with Crippen molar-refractivity contribution < 1.29 is 26.4 Å². The van der Waals surface area contributed by atoms with Crippen molar-refractivity contribution in [1.82, 2.24) is 4.90 Å². The molecule has 0 atom stereocenters. The van der Waals surface area contributed by atoms with Crippen molar-refractivity contribution in [3.63, 3.8) is 0 Å². The summed E-state index contributed by atoms with van der Waals surface area (Å²) in [7, 11) is -3.28. The van der Waals surface area contributed by atoms with E-state index in [2.05, 4.69) is 5.32 Å². The standard InChI is InChI=1S/C21H22ClF3N2O3S/c1-2-31(29,30)16-6-3-14(4-7-16)13-26-19-17-10-12-27(20(28)21(23,24)25)11-9-15(17)5-8-18(19)22/h3-8,26H,2,9-13H2,1H3. The van der Waals surface area contributed by atoms with E-state index < -0.39 is 21.9 Å². The number of carbonyl (C=O) groups is 1. The van der Waals surface area contributed by atoms with E-state index in [9.17, 15) is 26.4 Å². The number of nitrogens with one attached hydrogen (secondary N) is 1. The number of fused-ring (bicyclic) bond motifs is 1. The number of hydrogen-bond acceptors (Lipinski definition) is 4. The first-order valence-electron chi connectivity index (χ1n) is 9.75. The number of hydrogen-bond donors (Lipinski definition) is 1. The molecule has 2 aromatic carbocycles. The molecule has 31 heavy (non-hydrogen) atoms. The summed E-state index contributed by atoms with van der Waals surface area (Å²) in [5, 5.41) is 3.65. The fourth-order valence-electron chi connectivity index (χ4n) is 3.54. The molecule has 0 aliphatic carbocycles. The van der Waals surface area contributed by atoms with Crippen LogP contribution in [0.25, 0.3) is 0 Å². The number of amides is 1. The zero-order valence-electron chi connectivity index (χ0n) is 16.8. The molecule has 2 aromatic rings. The lowest BCUT2D eigenvalue weighted by atomic mass is 10.0. The van der Waals surface area contributed by atoms with Crippen LogP contribution in [0.2, 0.25) is 5.02 Å². The van der Waals surface area contributed by atoms with E-state index >= 15 is 0 Å². The van der Waals surface area contributed by atoms with Crippen LogP contribution in [0.4, 0.5) is 18.9 Å². The highest BCUT2D eigenvalue weighted by Crippen LogP contribution is 2.32. The smallest absolute Gasteiger partial charge is 0.380 e. The minimum Gasteiger partial charge on any atom is -0.380 e. The number of carbonyl (C=O) groups excluding carboxylic acids is 1. The molecule has 0 bridgehead atoms. The minimum atomic E-state index is -4.90. The molecule has 1 amide bonds. The summed E-state index contributed by atoms with van der Waals surface area (Å²) in [4.78, 5) is 12.7. The third kappa shape index (κ3) is 5.33. The highest BCUT2D eigenvalue weighted by atomic mass is 35.5. The van der Waals surface area contributed by atoms with Gasteiger partial charge in [-0.15, -0.1) is 0 Å². The van der Waals surface area contributed by atoms with Crippen molar-refractivity contribution in [2.75, 3.05) is 24.2 Å². The van der Waals surface area contributed by atoms with E-state index in [-0.39, 0.29) is 30.2 Å².